The van der Waals surface area contributed by atoms with E-state index in [1.165, 1.54) is 18.4 Å². The van der Waals surface area contributed by atoms with Crippen LogP contribution in [-0.4, -0.2) is 40.7 Å². The van der Waals surface area contributed by atoms with Gasteiger partial charge in [0.2, 0.25) is 0 Å². The molecule has 152 valence electrons. The smallest absolute Gasteiger partial charge is 0.416 e. The number of aromatic nitrogens is 1. The average Bonchev–Trinajstić information content (AvgIpc) is 3.01. The number of hydrogen-bond donors (Lipinski definition) is 0. The van der Waals surface area contributed by atoms with Gasteiger partial charge in [-0.15, -0.1) is 0 Å². The van der Waals surface area contributed by atoms with Crippen molar-refractivity contribution in [3.05, 3.63) is 23.9 Å². The van der Waals surface area contributed by atoms with Crippen LogP contribution in [0.5, 0.6) is 0 Å². The first-order chi connectivity index (χ1) is 12.6. The van der Waals surface area contributed by atoms with E-state index in [4.69, 9.17) is 4.74 Å². The van der Waals surface area contributed by atoms with Crippen molar-refractivity contribution in [2.45, 2.75) is 85.4 Å². The predicted octanol–water partition coefficient (Wildman–Crippen LogP) is 5.41. The fourth-order valence-electron chi connectivity index (χ4n) is 3.62. The van der Waals surface area contributed by atoms with E-state index in [-0.39, 0.29) is 12.1 Å². The molecule has 0 unspecified atom stereocenters. The Hall–Kier alpha value is -1.62. The van der Waals surface area contributed by atoms with Gasteiger partial charge in [0.25, 0.3) is 0 Å². The van der Waals surface area contributed by atoms with E-state index in [1.54, 1.807) is 4.90 Å². The molecule has 0 aromatic carbocycles. The zero-order chi connectivity index (χ0) is 20.2. The summed E-state index contributed by atoms with van der Waals surface area (Å²) in [6.07, 6.45) is 4.86. The van der Waals surface area contributed by atoms with E-state index in [1.807, 2.05) is 40.0 Å². The van der Waals surface area contributed by atoms with E-state index in [0.29, 0.717) is 17.8 Å². The van der Waals surface area contributed by atoms with Crippen LogP contribution in [0.15, 0.2) is 18.3 Å². The molecule has 1 saturated heterocycles. The number of nitrogens with zero attached hydrogens (tertiary/aromatic N) is 3. The maximum Gasteiger partial charge on any atom is 0.416 e. The van der Waals surface area contributed by atoms with Crippen LogP contribution in [0.25, 0.3) is 0 Å². The van der Waals surface area contributed by atoms with Gasteiger partial charge in [-0.25, -0.2) is 9.78 Å². The van der Waals surface area contributed by atoms with Crippen LogP contribution >= 0.6 is 0 Å². The lowest BCUT2D eigenvalue weighted by molar-refractivity contribution is 0.0566. The third kappa shape index (κ3) is 5.93. The summed E-state index contributed by atoms with van der Waals surface area (Å²) in [6, 6.07) is 4.57. The lowest BCUT2D eigenvalue weighted by atomic mass is 10.1. The number of hydrogen-bond acceptors (Lipinski definition) is 4. The molecule has 0 N–H and O–H groups in total. The van der Waals surface area contributed by atoms with Crippen molar-refractivity contribution in [1.29, 1.82) is 0 Å². The molecule has 27 heavy (non-hydrogen) atoms. The molecular weight excluding hydrogens is 338 g/mol. The van der Waals surface area contributed by atoms with Crippen molar-refractivity contribution < 1.29 is 9.53 Å². The van der Waals surface area contributed by atoms with Crippen molar-refractivity contribution in [2.24, 2.45) is 5.92 Å². The van der Waals surface area contributed by atoms with E-state index < -0.39 is 5.60 Å². The Morgan fingerprint density at radius 2 is 2.04 bits per heavy atom. The van der Waals surface area contributed by atoms with Gasteiger partial charge in [-0.2, -0.15) is 0 Å². The number of amides is 1. The van der Waals surface area contributed by atoms with E-state index >= 15 is 0 Å². The minimum atomic E-state index is -0.524. The second-order valence-electron chi connectivity index (χ2n) is 9.10. The maximum absolute atomic E-state index is 12.7. The first-order valence-corrected chi connectivity index (χ1v) is 10.3. The number of carbonyl (C=O) groups excluding carboxylic acids is 1. The molecular formula is C22H37N3O2. The van der Waals surface area contributed by atoms with Crippen molar-refractivity contribution in [1.82, 2.24) is 9.88 Å². The number of rotatable bonds is 6. The highest BCUT2D eigenvalue weighted by Crippen LogP contribution is 2.33. The SMILES string of the molecule is CC[C@H](C)N(C(=O)OC(C)(C)C)c1ccc([C@H]2CCCN2CC(C)C)cn1. The highest BCUT2D eigenvalue weighted by Gasteiger charge is 2.29. The van der Waals surface area contributed by atoms with Gasteiger partial charge in [0.1, 0.15) is 11.4 Å². The molecule has 1 fully saturated rings. The Morgan fingerprint density at radius 1 is 1.33 bits per heavy atom. The van der Waals surface area contributed by atoms with Crippen molar-refractivity contribution in [3.8, 4) is 0 Å². The number of likely N-dealkylation sites (tertiary alicyclic amines) is 1. The monoisotopic (exact) mass is 375 g/mol. The van der Waals surface area contributed by atoms with Crippen LogP contribution in [0.3, 0.4) is 0 Å². The molecule has 0 radical (unpaired) electrons. The third-order valence-electron chi connectivity index (χ3n) is 4.99. The summed E-state index contributed by atoms with van der Waals surface area (Å²) in [7, 11) is 0. The zero-order valence-corrected chi connectivity index (χ0v) is 18.2. The molecule has 2 heterocycles. The highest BCUT2D eigenvalue weighted by molar-refractivity contribution is 5.87. The summed E-state index contributed by atoms with van der Waals surface area (Å²) >= 11 is 0. The van der Waals surface area contributed by atoms with Crippen LogP contribution in [0.1, 0.15) is 79.3 Å². The van der Waals surface area contributed by atoms with Gasteiger partial charge >= 0.3 is 6.09 Å². The zero-order valence-electron chi connectivity index (χ0n) is 18.2. The molecule has 0 spiro atoms. The number of ether oxygens (including phenoxy) is 1. The topological polar surface area (TPSA) is 45.7 Å². The first-order valence-electron chi connectivity index (χ1n) is 10.3. The van der Waals surface area contributed by atoms with Gasteiger partial charge in [0.05, 0.1) is 0 Å². The Bertz CT molecular complexity index is 607. The minimum Gasteiger partial charge on any atom is -0.443 e. The van der Waals surface area contributed by atoms with E-state index in [9.17, 15) is 4.79 Å². The van der Waals surface area contributed by atoms with Crippen LogP contribution in [0.2, 0.25) is 0 Å². The average molecular weight is 376 g/mol. The highest BCUT2D eigenvalue weighted by atomic mass is 16.6. The summed E-state index contributed by atoms with van der Waals surface area (Å²) in [6.45, 7) is 16.6. The Balaban J connectivity index is 2.20. The molecule has 1 aromatic heterocycles. The maximum atomic E-state index is 12.7. The molecule has 0 saturated carbocycles. The lowest BCUT2D eigenvalue weighted by Crippen LogP contribution is -2.42. The van der Waals surface area contributed by atoms with Crippen LogP contribution < -0.4 is 4.90 Å². The molecule has 5 nitrogen and oxygen atoms in total. The molecule has 1 aliphatic heterocycles. The molecule has 1 aliphatic rings. The summed E-state index contributed by atoms with van der Waals surface area (Å²) in [5.41, 5.74) is 0.717. The molecule has 1 amide bonds. The number of anilines is 1. The second-order valence-corrected chi connectivity index (χ2v) is 9.10. The van der Waals surface area contributed by atoms with Crippen molar-refractivity contribution in [2.75, 3.05) is 18.0 Å². The standard InChI is InChI=1S/C22H37N3O2/c1-8-17(4)25(21(26)27-22(5,6)7)20-12-11-18(14-23-20)19-10-9-13-24(19)15-16(2)3/h11-12,14,16-17,19H,8-10,13,15H2,1-7H3/t17-,19+/m0/s1. The molecule has 2 rings (SSSR count). The van der Waals surface area contributed by atoms with Gasteiger partial charge in [-0.1, -0.05) is 26.8 Å². The van der Waals surface area contributed by atoms with Crippen molar-refractivity contribution in [3.63, 3.8) is 0 Å². The summed E-state index contributed by atoms with van der Waals surface area (Å²) in [5.74, 6) is 1.32. The fraction of sp³-hybridized carbons (Fsp3) is 0.727. The van der Waals surface area contributed by atoms with Gasteiger partial charge in [0.15, 0.2) is 0 Å². The van der Waals surface area contributed by atoms with Crippen LogP contribution in [0, 0.1) is 5.92 Å². The Morgan fingerprint density at radius 3 is 2.56 bits per heavy atom. The van der Waals surface area contributed by atoms with Gasteiger partial charge in [-0.3, -0.25) is 9.80 Å². The Kier molecular flexibility index (Phi) is 7.26. The van der Waals surface area contributed by atoms with Gasteiger partial charge in [-0.05, 0) is 71.0 Å². The minimum absolute atomic E-state index is 0.0297. The third-order valence-corrected chi connectivity index (χ3v) is 4.99. The summed E-state index contributed by atoms with van der Waals surface area (Å²) in [4.78, 5) is 21.6. The Labute approximate surface area is 165 Å². The van der Waals surface area contributed by atoms with E-state index in [2.05, 4.69) is 36.7 Å². The summed E-state index contributed by atoms with van der Waals surface area (Å²) in [5, 5.41) is 0. The normalized spacial score (nSPS) is 19.3. The quantitative estimate of drug-likeness (QED) is 0.666. The van der Waals surface area contributed by atoms with E-state index in [0.717, 1.165) is 19.5 Å². The van der Waals surface area contributed by atoms with Crippen molar-refractivity contribution >= 4 is 11.9 Å². The fourth-order valence-corrected chi connectivity index (χ4v) is 3.62. The lowest BCUT2D eigenvalue weighted by Gasteiger charge is -2.31. The first kappa shape index (κ1) is 21.7. The summed E-state index contributed by atoms with van der Waals surface area (Å²) < 4.78 is 5.61. The molecule has 2 atom stereocenters. The molecule has 1 aromatic rings. The number of pyridine rings is 1. The second kappa shape index (κ2) is 9.05. The van der Waals surface area contributed by atoms with Gasteiger partial charge < -0.3 is 4.74 Å². The van der Waals surface area contributed by atoms with Crippen LogP contribution in [-0.2, 0) is 4.74 Å². The molecule has 0 bridgehead atoms. The molecule has 5 heteroatoms. The molecule has 0 aliphatic carbocycles. The largest absolute Gasteiger partial charge is 0.443 e. The van der Waals surface area contributed by atoms with Gasteiger partial charge in [0, 0.05) is 24.8 Å². The van der Waals surface area contributed by atoms with Crippen LogP contribution in [0.4, 0.5) is 10.6 Å². The predicted molar refractivity (Wildman–Crippen MR) is 111 cm³/mol. The number of carbonyl (C=O) groups is 1.